The van der Waals surface area contributed by atoms with Crippen molar-refractivity contribution >= 4 is 28.4 Å². The van der Waals surface area contributed by atoms with Gasteiger partial charge in [0.05, 0.1) is 15.5 Å². The fourth-order valence-electron chi connectivity index (χ4n) is 1.83. The average Bonchev–Trinajstić information content (AvgIpc) is 3.00. The molecule has 0 radical (unpaired) electrons. The molecule has 0 unspecified atom stereocenters. The Morgan fingerprint density at radius 3 is 2.76 bits per heavy atom. The zero-order valence-electron chi connectivity index (χ0n) is 11.4. The first kappa shape index (κ1) is 13.9. The lowest BCUT2D eigenvalue weighted by Crippen LogP contribution is -2.04. The van der Waals surface area contributed by atoms with Gasteiger partial charge in [-0.3, -0.25) is 0 Å². The van der Waals surface area contributed by atoms with E-state index in [1.165, 1.54) is 0 Å². The van der Waals surface area contributed by atoms with Crippen molar-refractivity contribution in [3.05, 3.63) is 46.3 Å². The standard InChI is InChI=1S/C14H13IN6/c1-2-16-13-11(15)8-17-14(19-13)12-9-18-21(20-12)10-6-4-3-5-7-10/h3-9H,2H2,1H3,(H,16,17,19). The Morgan fingerprint density at radius 1 is 1.19 bits per heavy atom. The zero-order chi connectivity index (χ0) is 14.7. The van der Waals surface area contributed by atoms with Gasteiger partial charge in [0.15, 0.2) is 11.5 Å². The molecule has 1 aromatic carbocycles. The smallest absolute Gasteiger partial charge is 0.183 e. The van der Waals surface area contributed by atoms with Gasteiger partial charge in [-0.05, 0) is 41.6 Å². The maximum atomic E-state index is 4.49. The van der Waals surface area contributed by atoms with Crippen LogP contribution in [0, 0.1) is 3.57 Å². The summed E-state index contributed by atoms with van der Waals surface area (Å²) in [5.41, 5.74) is 1.55. The van der Waals surface area contributed by atoms with Crippen LogP contribution in [0.2, 0.25) is 0 Å². The SMILES string of the molecule is CCNc1nc(-c2cnn(-c3ccccc3)n2)ncc1I. The van der Waals surface area contributed by atoms with Crippen LogP contribution in [0.3, 0.4) is 0 Å². The van der Waals surface area contributed by atoms with Crippen molar-refractivity contribution in [2.24, 2.45) is 0 Å². The first-order chi connectivity index (χ1) is 10.3. The number of nitrogens with one attached hydrogen (secondary N) is 1. The van der Waals surface area contributed by atoms with Crippen LogP contribution in [0.15, 0.2) is 42.7 Å². The first-order valence-electron chi connectivity index (χ1n) is 6.52. The first-order valence-corrected chi connectivity index (χ1v) is 7.60. The Hall–Kier alpha value is -2.03. The van der Waals surface area contributed by atoms with E-state index in [4.69, 9.17) is 0 Å². The molecule has 0 bridgehead atoms. The molecular formula is C14H13IN6. The Morgan fingerprint density at radius 2 is 2.00 bits per heavy atom. The van der Waals surface area contributed by atoms with Crippen molar-refractivity contribution < 1.29 is 0 Å². The number of hydrogen-bond donors (Lipinski definition) is 1. The Balaban J connectivity index is 1.95. The summed E-state index contributed by atoms with van der Waals surface area (Å²) in [6.07, 6.45) is 3.45. The highest BCUT2D eigenvalue weighted by Gasteiger charge is 2.10. The molecule has 0 spiro atoms. The highest BCUT2D eigenvalue weighted by molar-refractivity contribution is 14.1. The van der Waals surface area contributed by atoms with Gasteiger partial charge >= 0.3 is 0 Å². The number of aromatic nitrogens is 5. The molecule has 1 N–H and O–H groups in total. The number of hydrogen-bond acceptors (Lipinski definition) is 5. The fraction of sp³-hybridized carbons (Fsp3) is 0.143. The quantitative estimate of drug-likeness (QED) is 0.692. The fourth-order valence-corrected chi connectivity index (χ4v) is 2.28. The summed E-state index contributed by atoms with van der Waals surface area (Å²) in [6.45, 7) is 2.84. The summed E-state index contributed by atoms with van der Waals surface area (Å²) < 4.78 is 0.980. The van der Waals surface area contributed by atoms with Gasteiger partial charge in [0, 0.05) is 12.7 Å². The van der Waals surface area contributed by atoms with E-state index in [1.54, 1.807) is 17.2 Å². The third-order valence-electron chi connectivity index (χ3n) is 2.80. The van der Waals surface area contributed by atoms with E-state index in [2.05, 4.69) is 48.1 Å². The molecule has 0 aliphatic carbocycles. The van der Waals surface area contributed by atoms with Crippen molar-refractivity contribution in [3.63, 3.8) is 0 Å². The zero-order valence-corrected chi connectivity index (χ0v) is 13.5. The summed E-state index contributed by atoms with van der Waals surface area (Å²) in [6, 6.07) is 9.75. The van der Waals surface area contributed by atoms with E-state index in [-0.39, 0.29) is 0 Å². The van der Waals surface area contributed by atoms with Gasteiger partial charge in [-0.25, -0.2) is 9.97 Å². The molecule has 106 valence electrons. The van der Waals surface area contributed by atoms with Crippen LogP contribution in [0.5, 0.6) is 0 Å². The van der Waals surface area contributed by atoms with Crippen molar-refractivity contribution in [3.8, 4) is 17.2 Å². The van der Waals surface area contributed by atoms with Gasteiger partial charge in [0.1, 0.15) is 5.82 Å². The molecule has 0 saturated carbocycles. The van der Waals surface area contributed by atoms with E-state index < -0.39 is 0 Å². The third kappa shape index (κ3) is 3.02. The number of rotatable bonds is 4. The Labute approximate surface area is 135 Å². The molecule has 0 saturated heterocycles. The van der Waals surface area contributed by atoms with Crippen molar-refractivity contribution in [2.45, 2.75) is 6.92 Å². The molecule has 2 aromatic heterocycles. The molecule has 6 nitrogen and oxygen atoms in total. The summed E-state index contributed by atoms with van der Waals surface area (Å²) in [5.74, 6) is 1.38. The maximum absolute atomic E-state index is 4.49. The molecular weight excluding hydrogens is 379 g/mol. The van der Waals surface area contributed by atoms with Crippen LogP contribution >= 0.6 is 22.6 Å². The molecule has 0 fully saturated rings. The number of anilines is 1. The monoisotopic (exact) mass is 392 g/mol. The van der Waals surface area contributed by atoms with Crippen molar-refractivity contribution in [2.75, 3.05) is 11.9 Å². The lowest BCUT2D eigenvalue weighted by Gasteiger charge is -2.05. The molecule has 3 rings (SSSR count). The number of nitrogens with zero attached hydrogens (tertiary/aromatic N) is 5. The number of benzene rings is 1. The van der Waals surface area contributed by atoms with Crippen LogP contribution in [0.1, 0.15) is 6.92 Å². The summed E-state index contributed by atoms with van der Waals surface area (Å²) in [5, 5.41) is 11.9. The molecule has 0 aliphatic heterocycles. The van der Waals surface area contributed by atoms with Crippen molar-refractivity contribution in [1.82, 2.24) is 25.0 Å². The summed E-state index contributed by atoms with van der Waals surface area (Å²) in [4.78, 5) is 10.4. The Kier molecular flexibility index (Phi) is 4.09. The second-order valence-corrected chi connectivity index (χ2v) is 5.44. The minimum Gasteiger partial charge on any atom is -0.369 e. The predicted molar refractivity (Wildman–Crippen MR) is 89.3 cm³/mol. The molecule has 0 amide bonds. The summed E-state index contributed by atoms with van der Waals surface area (Å²) in [7, 11) is 0. The lowest BCUT2D eigenvalue weighted by atomic mass is 10.3. The molecule has 21 heavy (non-hydrogen) atoms. The van der Waals surface area contributed by atoms with Crippen LogP contribution in [-0.2, 0) is 0 Å². The topological polar surface area (TPSA) is 68.5 Å². The Bertz CT molecular complexity index is 740. The van der Waals surface area contributed by atoms with Gasteiger partial charge in [0.2, 0.25) is 0 Å². The van der Waals surface area contributed by atoms with Gasteiger partial charge in [-0.2, -0.15) is 9.90 Å². The highest BCUT2D eigenvalue weighted by atomic mass is 127. The molecule has 0 atom stereocenters. The normalized spacial score (nSPS) is 10.6. The molecule has 2 heterocycles. The van der Waals surface area contributed by atoms with E-state index in [0.717, 1.165) is 21.6 Å². The second-order valence-electron chi connectivity index (χ2n) is 4.28. The summed E-state index contributed by atoms with van der Waals surface area (Å²) >= 11 is 2.21. The molecule has 3 aromatic rings. The van der Waals surface area contributed by atoms with Gasteiger partial charge in [-0.15, -0.1) is 5.10 Å². The molecule has 0 aliphatic rings. The van der Waals surface area contributed by atoms with E-state index in [0.29, 0.717) is 11.5 Å². The van der Waals surface area contributed by atoms with Crippen LogP contribution in [0.4, 0.5) is 5.82 Å². The van der Waals surface area contributed by atoms with Crippen LogP contribution in [-0.4, -0.2) is 31.5 Å². The number of halogens is 1. The van der Waals surface area contributed by atoms with Crippen molar-refractivity contribution in [1.29, 1.82) is 0 Å². The number of para-hydroxylation sites is 1. The van der Waals surface area contributed by atoms with Gasteiger partial charge in [0.25, 0.3) is 0 Å². The van der Waals surface area contributed by atoms with E-state index in [1.807, 2.05) is 37.3 Å². The minimum absolute atomic E-state index is 0.563. The highest BCUT2D eigenvalue weighted by Crippen LogP contribution is 2.19. The maximum Gasteiger partial charge on any atom is 0.183 e. The predicted octanol–water partition coefficient (Wildman–Crippen LogP) is 2.76. The lowest BCUT2D eigenvalue weighted by molar-refractivity contribution is 0.752. The second kappa shape index (κ2) is 6.17. The molecule has 7 heteroatoms. The van der Waals surface area contributed by atoms with E-state index >= 15 is 0 Å². The van der Waals surface area contributed by atoms with Gasteiger partial charge < -0.3 is 5.32 Å². The van der Waals surface area contributed by atoms with Crippen LogP contribution < -0.4 is 5.32 Å². The van der Waals surface area contributed by atoms with Crippen LogP contribution in [0.25, 0.3) is 17.2 Å². The van der Waals surface area contributed by atoms with Gasteiger partial charge in [-0.1, -0.05) is 18.2 Å². The average molecular weight is 392 g/mol. The van der Waals surface area contributed by atoms with E-state index in [9.17, 15) is 0 Å². The minimum atomic E-state index is 0.563. The third-order valence-corrected chi connectivity index (χ3v) is 3.59. The largest absolute Gasteiger partial charge is 0.369 e.